The molecule has 476 valence electrons. The molecular formula is C76H136O6. The van der Waals surface area contributed by atoms with Crippen LogP contribution in [0, 0.1) is 0 Å². The van der Waals surface area contributed by atoms with Gasteiger partial charge < -0.3 is 14.2 Å². The van der Waals surface area contributed by atoms with Gasteiger partial charge in [0.2, 0.25) is 0 Å². The Kier molecular flexibility index (Phi) is 67.6. The summed E-state index contributed by atoms with van der Waals surface area (Å²) >= 11 is 0. The lowest BCUT2D eigenvalue weighted by Crippen LogP contribution is -2.30. The summed E-state index contributed by atoms with van der Waals surface area (Å²) in [6, 6.07) is 0. The van der Waals surface area contributed by atoms with Crippen LogP contribution in [-0.4, -0.2) is 37.2 Å². The minimum absolute atomic E-state index is 0.0739. The maximum atomic E-state index is 12.9. The molecule has 0 aromatic carbocycles. The van der Waals surface area contributed by atoms with E-state index >= 15 is 0 Å². The third-order valence-electron chi connectivity index (χ3n) is 15.9. The molecule has 0 amide bonds. The van der Waals surface area contributed by atoms with Crippen LogP contribution >= 0.6 is 0 Å². The molecule has 0 rings (SSSR count). The molecule has 0 aliphatic rings. The lowest BCUT2D eigenvalue weighted by atomic mass is 10.0. The van der Waals surface area contributed by atoms with Crippen LogP contribution in [0.1, 0.15) is 374 Å². The van der Waals surface area contributed by atoms with Crippen molar-refractivity contribution in [2.45, 2.75) is 380 Å². The van der Waals surface area contributed by atoms with Gasteiger partial charge in [0.25, 0.3) is 0 Å². The Labute approximate surface area is 510 Å². The van der Waals surface area contributed by atoms with Gasteiger partial charge in [-0.3, -0.25) is 14.4 Å². The van der Waals surface area contributed by atoms with Crippen molar-refractivity contribution in [1.29, 1.82) is 0 Å². The highest BCUT2D eigenvalue weighted by Gasteiger charge is 2.19. The molecule has 0 saturated carbocycles. The molecule has 1 atom stereocenters. The second-order valence-corrected chi connectivity index (χ2v) is 24.1. The van der Waals surface area contributed by atoms with Gasteiger partial charge in [-0.05, 0) is 89.9 Å². The van der Waals surface area contributed by atoms with Gasteiger partial charge in [0.15, 0.2) is 6.10 Å². The number of ether oxygens (including phenoxy) is 3. The fourth-order valence-electron chi connectivity index (χ4n) is 10.6. The molecule has 0 aliphatic carbocycles. The lowest BCUT2D eigenvalue weighted by molar-refractivity contribution is -0.167. The number of carbonyl (C=O) groups is 3. The minimum atomic E-state index is -0.775. The molecule has 1 unspecified atom stereocenters. The largest absolute Gasteiger partial charge is 0.462 e. The molecule has 0 spiro atoms. The van der Waals surface area contributed by atoms with Gasteiger partial charge in [-0.2, -0.15) is 0 Å². The van der Waals surface area contributed by atoms with Gasteiger partial charge in [0.05, 0.1) is 0 Å². The number of unbranched alkanes of at least 4 members (excludes halogenated alkanes) is 43. The zero-order valence-electron chi connectivity index (χ0n) is 54.8. The zero-order valence-corrected chi connectivity index (χ0v) is 54.8. The normalized spacial score (nSPS) is 12.5. The minimum Gasteiger partial charge on any atom is -0.462 e. The van der Waals surface area contributed by atoms with Crippen molar-refractivity contribution >= 4 is 17.9 Å². The topological polar surface area (TPSA) is 78.9 Å². The maximum absolute atomic E-state index is 12.9. The van der Waals surface area contributed by atoms with E-state index in [2.05, 4.69) is 93.7 Å². The molecule has 0 saturated heterocycles. The van der Waals surface area contributed by atoms with Crippen LogP contribution in [0.4, 0.5) is 0 Å². The lowest BCUT2D eigenvalue weighted by Gasteiger charge is -2.18. The maximum Gasteiger partial charge on any atom is 0.306 e. The fraction of sp³-hybridized carbons (Fsp3) is 0.803. The van der Waals surface area contributed by atoms with Crippen LogP contribution < -0.4 is 0 Å². The average molecular weight is 1150 g/mol. The molecule has 0 radical (unpaired) electrons. The van der Waals surface area contributed by atoms with Gasteiger partial charge >= 0.3 is 17.9 Å². The van der Waals surface area contributed by atoms with Crippen LogP contribution in [0.2, 0.25) is 0 Å². The molecule has 6 heteroatoms. The second-order valence-electron chi connectivity index (χ2n) is 24.1. The van der Waals surface area contributed by atoms with E-state index in [-0.39, 0.29) is 31.1 Å². The smallest absolute Gasteiger partial charge is 0.306 e. The Balaban J connectivity index is 3.97. The molecule has 0 heterocycles. The standard InChI is InChI=1S/C76H136O6/c1-4-7-10-13-16-18-20-22-24-26-28-30-32-34-35-36-37-38-39-40-41-43-44-46-48-50-52-54-56-58-60-63-66-69-75(78)81-72-73(71-80-74(77)68-65-62-15-12-9-6-3)82-76(79)70-67-64-61-59-57-55-53-51-49-47-45-42-33-31-29-27-25-23-21-19-17-14-11-8-5-2/h8,11,17,19,23,25-26,28-29,31,42,45,73H,4-7,9-10,12-16,18,20-22,24,27,30,32-41,43-44,46-72H2,1-3H3/b11-8-,19-17-,25-23-,28-26-,31-29-,45-42-. The summed E-state index contributed by atoms with van der Waals surface area (Å²) in [5.74, 6) is -0.872. The van der Waals surface area contributed by atoms with Crippen LogP contribution in [-0.2, 0) is 28.6 Å². The molecule has 0 N–H and O–H groups in total. The number of esters is 3. The summed E-state index contributed by atoms with van der Waals surface area (Å²) in [5.41, 5.74) is 0. The zero-order chi connectivity index (χ0) is 59.2. The van der Waals surface area contributed by atoms with Crippen molar-refractivity contribution in [3.05, 3.63) is 72.9 Å². The van der Waals surface area contributed by atoms with E-state index in [1.807, 2.05) is 0 Å². The first kappa shape index (κ1) is 78.8. The Morgan fingerprint density at radius 3 is 0.756 bits per heavy atom. The molecule has 0 bridgehead atoms. The van der Waals surface area contributed by atoms with Gasteiger partial charge in [-0.25, -0.2) is 0 Å². The average Bonchev–Trinajstić information content (AvgIpc) is 3.47. The monoisotopic (exact) mass is 1150 g/mol. The van der Waals surface area contributed by atoms with Crippen LogP contribution in [0.3, 0.4) is 0 Å². The number of hydrogen-bond donors (Lipinski definition) is 0. The molecule has 0 aliphatic heterocycles. The Morgan fingerprint density at radius 2 is 0.476 bits per heavy atom. The third kappa shape index (κ3) is 67.6. The van der Waals surface area contributed by atoms with Crippen molar-refractivity contribution < 1.29 is 28.6 Å². The van der Waals surface area contributed by atoms with E-state index in [0.29, 0.717) is 19.3 Å². The summed E-state index contributed by atoms with van der Waals surface area (Å²) in [4.78, 5) is 38.1. The van der Waals surface area contributed by atoms with Crippen molar-refractivity contribution in [2.24, 2.45) is 0 Å². The first-order chi connectivity index (χ1) is 40.5. The van der Waals surface area contributed by atoms with E-state index in [4.69, 9.17) is 14.2 Å². The second kappa shape index (κ2) is 70.3. The van der Waals surface area contributed by atoms with Gasteiger partial charge in [0, 0.05) is 19.3 Å². The van der Waals surface area contributed by atoms with Crippen molar-refractivity contribution in [3.8, 4) is 0 Å². The molecule has 6 nitrogen and oxygen atoms in total. The first-order valence-electron chi connectivity index (χ1n) is 35.9. The van der Waals surface area contributed by atoms with E-state index in [1.165, 1.54) is 238 Å². The molecule has 0 aromatic rings. The quantitative estimate of drug-likeness (QED) is 0.0261. The summed E-state index contributed by atoms with van der Waals surface area (Å²) in [6.45, 7) is 6.51. The predicted molar refractivity (Wildman–Crippen MR) is 358 cm³/mol. The molecular weight excluding hydrogens is 1010 g/mol. The Morgan fingerprint density at radius 1 is 0.256 bits per heavy atom. The van der Waals surface area contributed by atoms with E-state index in [9.17, 15) is 14.4 Å². The highest BCUT2D eigenvalue weighted by molar-refractivity contribution is 5.71. The van der Waals surface area contributed by atoms with Crippen LogP contribution in [0.25, 0.3) is 0 Å². The Hall–Kier alpha value is -3.15. The van der Waals surface area contributed by atoms with Crippen LogP contribution in [0.5, 0.6) is 0 Å². The summed E-state index contributed by atoms with van der Waals surface area (Å²) < 4.78 is 16.9. The molecule has 0 fully saturated rings. The van der Waals surface area contributed by atoms with Gasteiger partial charge in [0.1, 0.15) is 13.2 Å². The highest BCUT2D eigenvalue weighted by atomic mass is 16.6. The van der Waals surface area contributed by atoms with Crippen molar-refractivity contribution in [3.63, 3.8) is 0 Å². The molecule has 0 aromatic heterocycles. The number of carbonyl (C=O) groups excluding carboxylic acids is 3. The Bertz CT molecular complexity index is 1500. The summed E-state index contributed by atoms with van der Waals surface area (Å²) in [7, 11) is 0. The van der Waals surface area contributed by atoms with E-state index < -0.39 is 6.10 Å². The number of rotatable bonds is 66. The van der Waals surface area contributed by atoms with Crippen molar-refractivity contribution in [1.82, 2.24) is 0 Å². The number of allylic oxidation sites excluding steroid dienone is 12. The van der Waals surface area contributed by atoms with Crippen LogP contribution in [0.15, 0.2) is 72.9 Å². The molecule has 82 heavy (non-hydrogen) atoms. The summed E-state index contributed by atoms with van der Waals surface area (Å²) in [6.07, 6.45) is 92.7. The predicted octanol–water partition coefficient (Wildman–Crippen LogP) is 24.8. The first-order valence-corrected chi connectivity index (χ1v) is 35.9. The number of hydrogen-bond acceptors (Lipinski definition) is 6. The van der Waals surface area contributed by atoms with E-state index in [0.717, 1.165) is 96.3 Å². The SMILES string of the molecule is CC/C=C\C/C=C\C/C=C\C/C=C\C/C=C\CCCCCCCCCCCC(=O)OC(COC(=O)CCCCCCCC)COC(=O)CCCCCCCCCCCCCCCCCCCCCCC/C=C\CCCCCCCCCC. The van der Waals surface area contributed by atoms with Gasteiger partial charge in [-0.15, -0.1) is 0 Å². The summed E-state index contributed by atoms with van der Waals surface area (Å²) in [5, 5.41) is 0. The van der Waals surface area contributed by atoms with Crippen molar-refractivity contribution in [2.75, 3.05) is 13.2 Å². The highest BCUT2D eigenvalue weighted by Crippen LogP contribution is 2.18. The fourth-order valence-corrected chi connectivity index (χ4v) is 10.6. The van der Waals surface area contributed by atoms with E-state index in [1.54, 1.807) is 0 Å². The van der Waals surface area contributed by atoms with Gasteiger partial charge in [-0.1, -0.05) is 338 Å². The third-order valence-corrected chi connectivity index (χ3v) is 15.9.